The van der Waals surface area contributed by atoms with Gasteiger partial charge in [-0.2, -0.15) is 4.80 Å². The summed E-state index contributed by atoms with van der Waals surface area (Å²) >= 11 is 0. The highest BCUT2D eigenvalue weighted by molar-refractivity contribution is 5.92. The second-order valence-electron chi connectivity index (χ2n) is 7.24. The van der Waals surface area contributed by atoms with Crippen LogP contribution in [0, 0.1) is 5.82 Å². The van der Waals surface area contributed by atoms with E-state index >= 15 is 0 Å². The number of benzene rings is 3. The maximum atomic E-state index is 13.9. The Morgan fingerprint density at radius 2 is 1.84 bits per heavy atom. The Kier molecular flexibility index (Phi) is 5.12. The molecule has 0 aliphatic heterocycles. The summed E-state index contributed by atoms with van der Waals surface area (Å²) in [6.07, 6.45) is 0.352. The molecule has 0 spiro atoms. The van der Waals surface area contributed by atoms with Crippen LogP contribution >= 0.6 is 0 Å². The number of nitrogens with zero attached hydrogens (tertiary/aromatic N) is 5. The second kappa shape index (κ2) is 8.38. The molecule has 1 amide bonds. The van der Waals surface area contributed by atoms with E-state index < -0.39 is 0 Å². The van der Waals surface area contributed by atoms with Gasteiger partial charge >= 0.3 is 0 Å². The highest BCUT2D eigenvalue weighted by Crippen LogP contribution is 2.19. The number of fused-ring (bicyclic) bond motifs is 1. The molecule has 0 saturated heterocycles. The number of aromatic nitrogens is 6. The van der Waals surface area contributed by atoms with Gasteiger partial charge < -0.3 is 10.3 Å². The van der Waals surface area contributed by atoms with E-state index in [9.17, 15) is 9.18 Å². The van der Waals surface area contributed by atoms with Gasteiger partial charge in [0, 0.05) is 17.7 Å². The molecule has 3 aromatic carbocycles. The van der Waals surface area contributed by atoms with E-state index in [0.29, 0.717) is 29.3 Å². The molecule has 0 radical (unpaired) electrons. The Balaban J connectivity index is 1.26. The molecule has 9 heteroatoms. The number of H-pyrrole nitrogens is 1. The number of halogens is 1. The largest absolute Gasteiger partial charge is 0.342 e. The average molecular weight is 427 g/mol. The van der Waals surface area contributed by atoms with Crippen LogP contribution in [0.25, 0.3) is 22.4 Å². The zero-order valence-electron chi connectivity index (χ0n) is 16.9. The number of imidazole rings is 1. The minimum absolute atomic E-state index is 0.0701. The monoisotopic (exact) mass is 427 g/mol. The Morgan fingerprint density at radius 3 is 2.69 bits per heavy atom. The van der Waals surface area contributed by atoms with Crippen LogP contribution in [0.3, 0.4) is 0 Å². The standard InChI is InChI=1S/C23H18FN7O/c24-18-9-5-4-8-16(18)12-21-26-19-11-10-17(13-20(19)27-21)25-22(32)14-31-29-23(28-30-31)15-6-2-1-3-7-15/h1-11,13H,12,14H2,(H,25,32)(H,26,27). The second-order valence-corrected chi connectivity index (χ2v) is 7.24. The number of carbonyl (C=O) groups excluding carboxylic acids is 1. The van der Waals surface area contributed by atoms with Gasteiger partial charge in [-0.3, -0.25) is 4.79 Å². The third kappa shape index (κ3) is 4.22. The number of hydrogen-bond donors (Lipinski definition) is 2. The van der Waals surface area contributed by atoms with Crippen LogP contribution in [0.5, 0.6) is 0 Å². The SMILES string of the molecule is O=C(Cn1nnc(-c2ccccc2)n1)Nc1ccc2nc(Cc3ccccc3F)[nH]c2c1. The van der Waals surface area contributed by atoms with Gasteiger partial charge in [0.2, 0.25) is 11.7 Å². The number of carbonyl (C=O) groups is 1. The fourth-order valence-corrected chi connectivity index (χ4v) is 3.39. The van der Waals surface area contributed by atoms with Crippen molar-refractivity contribution in [3.8, 4) is 11.4 Å². The lowest BCUT2D eigenvalue weighted by Gasteiger charge is -2.04. The molecule has 0 aliphatic rings. The molecule has 0 atom stereocenters. The van der Waals surface area contributed by atoms with Gasteiger partial charge in [-0.15, -0.1) is 10.2 Å². The van der Waals surface area contributed by atoms with Gasteiger partial charge in [0.1, 0.15) is 18.2 Å². The van der Waals surface area contributed by atoms with Gasteiger partial charge in [0.25, 0.3) is 0 Å². The minimum atomic E-state index is -0.285. The number of nitrogens with one attached hydrogen (secondary N) is 2. The van der Waals surface area contributed by atoms with Crippen LogP contribution in [0.2, 0.25) is 0 Å². The summed E-state index contributed by atoms with van der Waals surface area (Å²) in [6.45, 7) is -0.0701. The highest BCUT2D eigenvalue weighted by atomic mass is 19.1. The maximum Gasteiger partial charge on any atom is 0.248 e. The number of tetrazole rings is 1. The summed E-state index contributed by atoms with van der Waals surface area (Å²) in [4.78, 5) is 21.4. The van der Waals surface area contributed by atoms with E-state index in [2.05, 4.69) is 30.7 Å². The summed E-state index contributed by atoms with van der Waals surface area (Å²) in [5.74, 6) is 0.555. The number of rotatable bonds is 6. The molecule has 158 valence electrons. The van der Waals surface area contributed by atoms with Crippen molar-refractivity contribution in [2.45, 2.75) is 13.0 Å². The third-order valence-electron chi connectivity index (χ3n) is 4.90. The smallest absolute Gasteiger partial charge is 0.248 e. The van der Waals surface area contributed by atoms with Crippen LogP contribution < -0.4 is 5.32 Å². The van der Waals surface area contributed by atoms with Crippen molar-refractivity contribution < 1.29 is 9.18 Å². The van der Waals surface area contributed by atoms with E-state index in [1.807, 2.05) is 30.3 Å². The zero-order valence-corrected chi connectivity index (χ0v) is 16.9. The third-order valence-corrected chi connectivity index (χ3v) is 4.90. The summed E-state index contributed by atoms with van der Waals surface area (Å²) in [6, 6.07) is 21.4. The van der Waals surface area contributed by atoms with Crippen LogP contribution in [-0.4, -0.2) is 36.1 Å². The molecule has 2 N–H and O–H groups in total. The minimum Gasteiger partial charge on any atom is -0.342 e. The summed E-state index contributed by atoms with van der Waals surface area (Å²) in [7, 11) is 0. The molecule has 32 heavy (non-hydrogen) atoms. The molecular formula is C23H18FN7O. The fraction of sp³-hybridized carbons (Fsp3) is 0.0870. The van der Waals surface area contributed by atoms with Gasteiger partial charge in [0.05, 0.1) is 11.0 Å². The van der Waals surface area contributed by atoms with Crippen LogP contribution in [-0.2, 0) is 17.8 Å². The van der Waals surface area contributed by atoms with E-state index in [4.69, 9.17) is 0 Å². The molecule has 5 aromatic rings. The number of aromatic amines is 1. The van der Waals surface area contributed by atoms with Crippen LogP contribution in [0.4, 0.5) is 10.1 Å². The molecule has 8 nitrogen and oxygen atoms in total. The lowest BCUT2D eigenvalue weighted by molar-refractivity contribution is -0.117. The fourth-order valence-electron chi connectivity index (χ4n) is 3.39. The lowest BCUT2D eigenvalue weighted by atomic mass is 10.1. The Morgan fingerprint density at radius 1 is 1.03 bits per heavy atom. The first kappa shape index (κ1) is 19.6. The van der Waals surface area contributed by atoms with Crippen molar-refractivity contribution >= 4 is 22.6 Å². The molecule has 0 fully saturated rings. The molecule has 0 saturated carbocycles. The van der Waals surface area contributed by atoms with Crippen LogP contribution in [0.1, 0.15) is 11.4 Å². The first-order chi connectivity index (χ1) is 15.6. The highest BCUT2D eigenvalue weighted by Gasteiger charge is 2.11. The summed E-state index contributed by atoms with van der Waals surface area (Å²) < 4.78 is 13.9. The Labute approximate surface area is 182 Å². The van der Waals surface area contributed by atoms with Gasteiger partial charge in [-0.1, -0.05) is 48.5 Å². The molecule has 2 heterocycles. The first-order valence-corrected chi connectivity index (χ1v) is 9.99. The lowest BCUT2D eigenvalue weighted by Crippen LogP contribution is -2.20. The molecule has 0 aliphatic carbocycles. The molecular weight excluding hydrogens is 409 g/mol. The maximum absolute atomic E-state index is 13.9. The van der Waals surface area contributed by atoms with E-state index in [-0.39, 0.29) is 18.3 Å². The Hall–Kier alpha value is -4.40. The Bertz CT molecular complexity index is 1390. The molecule has 5 rings (SSSR count). The van der Waals surface area contributed by atoms with Crippen molar-refractivity contribution in [2.75, 3.05) is 5.32 Å². The normalized spacial score (nSPS) is 11.0. The quantitative estimate of drug-likeness (QED) is 0.431. The van der Waals surface area contributed by atoms with E-state index in [1.165, 1.54) is 10.9 Å². The summed E-state index contributed by atoms with van der Waals surface area (Å²) in [5, 5.41) is 15.0. The van der Waals surface area contributed by atoms with E-state index in [1.54, 1.807) is 36.4 Å². The van der Waals surface area contributed by atoms with Crippen molar-refractivity contribution in [2.24, 2.45) is 0 Å². The van der Waals surface area contributed by atoms with Crippen molar-refractivity contribution in [3.05, 3.63) is 90.0 Å². The number of amides is 1. The molecule has 0 unspecified atom stereocenters. The van der Waals surface area contributed by atoms with Crippen molar-refractivity contribution in [3.63, 3.8) is 0 Å². The predicted molar refractivity (Wildman–Crippen MR) is 117 cm³/mol. The first-order valence-electron chi connectivity index (χ1n) is 9.99. The topological polar surface area (TPSA) is 101 Å². The molecule has 0 bridgehead atoms. The zero-order chi connectivity index (χ0) is 21.9. The van der Waals surface area contributed by atoms with Gasteiger partial charge in [0.15, 0.2) is 0 Å². The van der Waals surface area contributed by atoms with Crippen molar-refractivity contribution in [1.82, 2.24) is 30.2 Å². The molecule has 2 aromatic heterocycles. The summed E-state index contributed by atoms with van der Waals surface area (Å²) in [5.41, 5.74) is 3.48. The van der Waals surface area contributed by atoms with Crippen LogP contribution in [0.15, 0.2) is 72.8 Å². The van der Waals surface area contributed by atoms with E-state index in [0.717, 1.165) is 16.6 Å². The van der Waals surface area contributed by atoms with Crippen molar-refractivity contribution in [1.29, 1.82) is 0 Å². The van der Waals surface area contributed by atoms with Gasteiger partial charge in [-0.25, -0.2) is 9.37 Å². The average Bonchev–Trinajstić information content (AvgIpc) is 3.42. The number of hydrogen-bond acceptors (Lipinski definition) is 5. The predicted octanol–water partition coefficient (Wildman–Crippen LogP) is 3.59. The number of anilines is 1. The van der Waals surface area contributed by atoms with Gasteiger partial charge in [-0.05, 0) is 35.0 Å².